The summed E-state index contributed by atoms with van der Waals surface area (Å²) in [5.74, 6) is 0.919. The number of piperazine rings is 1. The molecule has 1 saturated heterocycles. The second kappa shape index (κ2) is 6.83. The lowest BCUT2D eigenvalue weighted by atomic mass is 10.2. The van der Waals surface area contributed by atoms with Gasteiger partial charge in [-0.1, -0.05) is 29.8 Å². The van der Waals surface area contributed by atoms with Crippen molar-refractivity contribution < 1.29 is 4.74 Å². The largest absolute Gasteiger partial charge is 0.492 e. The minimum Gasteiger partial charge on any atom is -0.492 e. The van der Waals surface area contributed by atoms with Crippen molar-refractivity contribution in [1.29, 1.82) is 0 Å². The maximum Gasteiger partial charge on any atom is 0.119 e. The maximum atomic E-state index is 5.95. The van der Waals surface area contributed by atoms with Gasteiger partial charge in [-0.25, -0.2) is 0 Å². The van der Waals surface area contributed by atoms with E-state index in [-0.39, 0.29) is 0 Å². The van der Waals surface area contributed by atoms with Crippen LogP contribution in [0.4, 0.5) is 5.69 Å². The van der Waals surface area contributed by atoms with Gasteiger partial charge in [0.05, 0.1) is 6.04 Å². The molecule has 4 heteroatoms. The van der Waals surface area contributed by atoms with Crippen molar-refractivity contribution in [2.45, 2.75) is 6.04 Å². The van der Waals surface area contributed by atoms with Crippen molar-refractivity contribution in [3.63, 3.8) is 0 Å². The molecule has 110 valence electrons. The molecule has 3 nitrogen and oxygen atoms in total. The van der Waals surface area contributed by atoms with E-state index in [4.69, 9.17) is 16.3 Å². The van der Waals surface area contributed by atoms with Crippen molar-refractivity contribution in [2.24, 2.45) is 0 Å². The molecule has 0 aromatic heterocycles. The van der Waals surface area contributed by atoms with Crippen molar-refractivity contribution in [3.8, 4) is 5.75 Å². The minimum absolute atomic E-state index is 0.328. The average molecular weight is 303 g/mol. The Morgan fingerprint density at radius 2 is 1.86 bits per heavy atom. The van der Waals surface area contributed by atoms with E-state index < -0.39 is 0 Å². The zero-order valence-electron chi connectivity index (χ0n) is 11.8. The summed E-state index contributed by atoms with van der Waals surface area (Å²) in [5, 5.41) is 4.28. The highest BCUT2D eigenvalue weighted by molar-refractivity contribution is 6.30. The summed E-state index contributed by atoms with van der Waals surface area (Å²) in [5.41, 5.74) is 1.21. The summed E-state index contributed by atoms with van der Waals surface area (Å²) in [6, 6.07) is 18.3. The first-order valence-electron chi connectivity index (χ1n) is 7.23. The van der Waals surface area contributed by atoms with Gasteiger partial charge in [-0.15, -0.1) is 0 Å². The van der Waals surface area contributed by atoms with Crippen LogP contribution in [0.2, 0.25) is 5.02 Å². The zero-order valence-corrected chi connectivity index (χ0v) is 12.6. The topological polar surface area (TPSA) is 24.5 Å². The number of ether oxygens (including phenoxy) is 1. The summed E-state index contributed by atoms with van der Waals surface area (Å²) < 4.78 is 5.84. The van der Waals surface area contributed by atoms with Gasteiger partial charge in [0.1, 0.15) is 12.4 Å². The zero-order chi connectivity index (χ0) is 14.5. The molecular weight excluding hydrogens is 284 g/mol. The second-order valence-corrected chi connectivity index (χ2v) is 5.63. The van der Waals surface area contributed by atoms with Crippen molar-refractivity contribution in [3.05, 3.63) is 59.6 Å². The number of hydrogen-bond acceptors (Lipinski definition) is 3. The van der Waals surface area contributed by atoms with Crippen LogP contribution >= 0.6 is 11.6 Å². The van der Waals surface area contributed by atoms with Crippen LogP contribution < -0.4 is 15.0 Å². The minimum atomic E-state index is 0.328. The first kappa shape index (κ1) is 14.2. The van der Waals surface area contributed by atoms with E-state index in [9.17, 15) is 0 Å². The van der Waals surface area contributed by atoms with E-state index in [1.165, 1.54) is 5.69 Å². The molecule has 2 aromatic carbocycles. The highest BCUT2D eigenvalue weighted by atomic mass is 35.5. The van der Waals surface area contributed by atoms with E-state index in [1.807, 2.05) is 42.5 Å². The Balaban J connectivity index is 1.57. The van der Waals surface area contributed by atoms with Crippen molar-refractivity contribution >= 4 is 17.3 Å². The van der Waals surface area contributed by atoms with E-state index >= 15 is 0 Å². The fourth-order valence-electron chi connectivity index (χ4n) is 2.54. The number of halogens is 1. The van der Waals surface area contributed by atoms with Crippen LogP contribution in [0.1, 0.15) is 0 Å². The van der Waals surface area contributed by atoms with E-state index in [2.05, 4.69) is 22.3 Å². The Morgan fingerprint density at radius 3 is 2.62 bits per heavy atom. The molecule has 1 aliphatic heterocycles. The predicted molar refractivity (Wildman–Crippen MR) is 87.4 cm³/mol. The van der Waals surface area contributed by atoms with Crippen LogP contribution in [0.5, 0.6) is 5.75 Å². The molecule has 0 amide bonds. The third-order valence-corrected chi connectivity index (χ3v) is 3.89. The van der Waals surface area contributed by atoms with Crippen LogP contribution in [-0.2, 0) is 0 Å². The van der Waals surface area contributed by atoms with Gasteiger partial charge in [0.25, 0.3) is 0 Å². The molecule has 0 aliphatic carbocycles. The number of para-hydroxylation sites is 1. The van der Waals surface area contributed by atoms with Gasteiger partial charge in [0.15, 0.2) is 0 Å². The summed E-state index contributed by atoms with van der Waals surface area (Å²) in [6.45, 7) is 3.58. The molecule has 0 bridgehead atoms. The van der Waals surface area contributed by atoms with Crippen LogP contribution in [0.3, 0.4) is 0 Å². The molecule has 1 atom stereocenters. The Labute approximate surface area is 130 Å². The number of nitrogens with zero attached hydrogens (tertiary/aromatic N) is 1. The van der Waals surface area contributed by atoms with Gasteiger partial charge in [-0.3, -0.25) is 0 Å². The normalized spacial score (nSPS) is 18.5. The molecule has 0 spiro atoms. The molecule has 2 aromatic rings. The Kier molecular flexibility index (Phi) is 4.63. The molecule has 0 radical (unpaired) electrons. The second-order valence-electron chi connectivity index (χ2n) is 5.20. The molecule has 21 heavy (non-hydrogen) atoms. The van der Waals surface area contributed by atoms with Crippen LogP contribution in [0.25, 0.3) is 0 Å². The number of nitrogens with one attached hydrogen (secondary N) is 1. The Hall–Kier alpha value is -1.71. The summed E-state index contributed by atoms with van der Waals surface area (Å²) >= 11 is 5.95. The number of hydrogen-bond donors (Lipinski definition) is 1. The number of benzene rings is 2. The van der Waals surface area contributed by atoms with Gasteiger partial charge in [0, 0.05) is 30.3 Å². The van der Waals surface area contributed by atoms with Gasteiger partial charge in [-0.05, 0) is 36.4 Å². The first-order valence-corrected chi connectivity index (χ1v) is 7.61. The summed E-state index contributed by atoms with van der Waals surface area (Å²) in [7, 11) is 0. The van der Waals surface area contributed by atoms with E-state index in [0.717, 1.165) is 30.4 Å². The maximum absolute atomic E-state index is 5.95. The van der Waals surface area contributed by atoms with Crippen molar-refractivity contribution in [2.75, 3.05) is 31.1 Å². The number of rotatable bonds is 4. The first-order chi connectivity index (χ1) is 10.3. The Morgan fingerprint density at radius 1 is 1.10 bits per heavy atom. The molecule has 3 rings (SSSR count). The molecule has 0 unspecified atom stereocenters. The lowest BCUT2D eigenvalue weighted by Crippen LogP contribution is -2.53. The van der Waals surface area contributed by atoms with Crippen LogP contribution in [-0.4, -0.2) is 32.3 Å². The van der Waals surface area contributed by atoms with Gasteiger partial charge in [0.2, 0.25) is 0 Å². The molecular formula is C17H19ClN2O. The Bertz CT molecular complexity index is 559. The lowest BCUT2D eigenvalue weighted by Gasteiger charge is -2.35. The van der Waals surface area contributed by atoms with E-state index in [1.54, 1.807) is 0 Å². The summed E-state index contributed by atoms with van der Waals surface area (Å²) in [4.78, 5) is 2.37. The molecule has 1 heterocycles. The lowest BCUT2D eigenvalue weighted by molar-refractivity contribution is 0.256. The standard InChI is InChI=1S/C17H19ClN2O/c18-14-6-8-16(9-7-14)20-11-10-19-15(12-20)13-21-17-4-2-1-3-5-17/h1-9,15,19H,10-13H2/t15-/m1/s1. The van der Waals surface area contributed by atoms with Crippen LogP contribution in [0, 0.1) is 0 Å². The van der Waals surface area contributed by atoms with Gasteiger partial charge >= 0.3 is 0 Å². The van der Waals surface area contributed by atoms with Gasteiger partial charge in [-0.2, -0.15) is 0 Å². The van der Waals surface area contributed by atoms with Crippen LogP contribution in [0.15, 0.2) is 54.6 Å². The smallest absolute Gasteiger partial charge is 0.119 e. The average Bonchev–Trinajstić information content (AvgIpc) is 2.55. The molecule has 1 N–H and O–H groups in total. The fourth-order valence-corrected chi connectivity index (χ4v) is 2.66. The highest BCUT2D eigenvalue weighted by Gasteiger charge is 2.20. The molecule has 0 saturated carbocycles. The van der Waals surface area contributed by atoms with E-state index in [0.29, 0.717) is 12.6 Å². The third-order valence-electron chi connectivity index (χ3n) is 3.64. The third kappa shape index (κ3) is 3.90. The SMILES string of the molecule is Clc1ccc(N2CCN[C@@H](COc3ccccc3)C2)cc1. The van der Waals surface area contributed by atoms with Crippen molar-refractivity contribution in [1.82, 2.24) is 5.32 Å². The van der Waals surface area contributed by atoms with Gasteiger partial charge < -0.3 is 15.0 Å². The number of anilines is 1. The monoisotopic (exact) mass is 302 g/mol. The molecule has 1 aliphatic rings. The highest BCUT2D eigenvalue weighted by Crippen LogP contribution is 2.19. The predicted octanol–water partition coefficient (Wildman–Crippen LogP) is 3.20. The molecule has 1 fully saturated rings. The summed E-state index contributed by atoms with van der Waals surface area (Å²) in [6.07, 6.45) is 0. The fraction of sp³-hybridized carbons (Fsp3) is 0.294. The quantitative estimate of drug-likeness (QED) is 0.938.